The van der Waals surface area contributed by atoms with E-state index in [2.05, 4.69) is 0 Å². The summed E-state index contributed by atoms with van der Waals surface area (Å²) in [6, 6.07) is 18.1. The van der Waals surface area contributed by atoms with E-state index in [1.54, 1.807) is 24.3 Å². The van der Waals surface area contributed by atoms with Crippen LogP contribution in [-0.2, 0) is 30.3 Å². The fourth-order valence-corrected chi connectivity index (χ4v) is 11.8. The van der Waals surface area contributed by atoms with E-state index in [-0.39, 0.29) is 181 Å². The summed E-state index contributed by atoms with van der Waals surface area (Å²) >= 11 is 84.8. The first kappa shape index (κ1) is 54.7. The van der Waals surface area contributed by atoms with Gasteiger partial charge in [0.2, 0.25) is 0 Å². The predicted molar refractivity (Wildman–Crippen MR) is 305 cm³/mol. The minimum absolute atomic E-state index is 0. The van der Waals surface area contributed by atoms with Gasteiger partial charge in [0.25, 0.3) is 0 Å². The van der Waals surface area contributed by atoms with E-state index in [9.17, 15) is 0 Å². The Morgan fingerprint density at radius 3 is 1.13 bits per heavy atom. The van der Waals surface area contributed by atoms with Crippen LogP contribution in [0.3, 0.4) is 0 Å². The molecule has 9 aromatic rings. The van der Waals surface area contributed by atoms with Gasteiger partial charge in [-0.15, -0.1) is 0 Å². The number of fused-ring (bicyclic) bond motifs is 20. The summed E-state index contributed by atoms with van der Waals surface area (Å²) in [5.74, 6) is 0.783. The van der Waals surface area contributed by atoms with Gasteiger partial charge in [0.1, 0.15) is 21.5 Å². The van der Waals surface area contributed by atoms with Crippen molar-refractivity contribution in [1.82, 2.24) is 39.9 Å². The van der Waals surface area contributed by atoms with E-state index in [1.165, 1.54) is 0 Å². The Bertz CT molecular complexity index is 4170. The maximum Gasteiger partial charge on any atom is 2.00 e. The van der Waals surface area contributed by atoms with Gasteiger partial charge in [-0.1, -0.05) is 217 Å². The molecule has 0 spiro atoms. The van der Waals surface area contributed by atoms with Crippen LogP contribution < -0.4 is 19.4 Å². The van der Waals surface area contributed by atoms with E-state index in [0.29, 0.717) is 22.3 Å². The van der Waals surface area contributed by atoms with Crippen molar-refractivity contribution < 1.29 is 29.0 Å². The molecular weight excluding hydrogens is 1260 g/mol. The smallest absolute Gasteiger partial charge is 0.454 e. The molecule has 0 aliphatic carbocycles. The molecule has 0 N–H and O–H groups in total. The van der Waals surface area contributed by atoms with Gasteiger partial charge in [0.05, 0.1) is 73.5 Å². The molecule has 11 rings (SSSR count). The minimum Gasteiger partial charge on any atom is -0.454 e. The molecule has 2 aliphatic heterocycles. The molecule has 0 fully saturated rings. The Kier molecular flexibility index (Phi) is 14.5. The van der Waals surface area contributed by atoms with Gasteiger partial charge in [-0.25, -0.2) is 9.97 Å². The van der Waals surface area contributed by atoms with Crippen LogP contribution in [0.4, 0.5) is 0 Å². The number of benzene rings is 6. The average molecular weight is 1290 g/mol. The number of nitrogens with zero attached hydrogens (tertiary/aromatic N) is 8. The molecule has 0 atom stereocenters. The molecule has 6 aromatic carbocycles. The molecular formula is C52H28Cl12N8O2Zn. The van der Waals surface area contributed by atoms with Gasteiger partial charge in [-0.05, 0) is 45.9 Å². The maximum absolute atomic E-state index is 7.50. The minimum atomic E-state index is -0.365. The molecule has 3 aromatic heterocycles. The molecule has 75 heavy (non-hydrogen) atoms. The summed E-state index contributed by atoms with van der Waals surface area (Å²) in [6.07, 6.45) is 0. The summed E-state index contributed by atoms with van der Waals surface area (Å²) in [7, 11) is 0. The van der Waals surface area contributed by atoms with Crippen LogP contribution in [0.25, 0.3) is 89.7 Å². The third-order valence-corrected chi connectivity index (χ3v) is 17.1. The molecule has 10 nitrogen and oxygen atoms in total. The predicted octanol–water partition coefficient (Wildman–Crippen LogP) is 20.1. The number of aromatic nitrogens is 8. The second-order valence-corrected chi connectivity index (χ2v) is 23.6. The summed E-state index contributed by atoms with van der Waals surface area (Å²) in [5, 5.41) is 0.994. The van der Waals surface area contributed by atoms with Crippen molar-refractivity contribution in [3.8, 4) is 68.5 Å². The van der Waals surface area contributed by atoms with Crippen molar-refractivity contribution in [2.24, 2.45) is 0 Å². The van der Waals surface area contributed by atoms with Crippen LogP contribution >= 0.6 is 139 Å². The van der Waals surface area contributed by atoms with Gasteiger partial charge >= 0.3 is 19.5 Å². The molecule has 0 unspecified atom stereocenters. The third kappa shape index (κ3) is 9.08. The second kappa shape index (κ2) is 19.9. The number of para-hydroxylation sites is 2. The van der Waals surface area contributed by atoms with Crippen molar-refractivity contribution in [1.29, 1.82) is 0 Å². The molecule has 374 valence electrons. The van der Waals surface area contributed by atoms with Crippen molar-refractivity contribution in [3.63, 3.8) is 0 Å². The molecule has 0 radical (unpaired) electrons. The second-order valence-electron chi connectivity index (χ2n) is 19.0. The number of hydrogen-bond donors (Lipinski definition) is 0. The van der Waals surface area contributed by atoms with Crippen LogP contribution in [0.5, 0.6) is 23.0 Å². The number of halogens is 12. The van der Waals surface area contributed by atoms with Crippen LogP contribution in [0.15, 0.2) is 60.7 Å². The maximum atomic E-state index is 7.50. The van der Waals surface area contributed by atoms with E-state index in [0.717, 1.165) is 11.1 Å². The largest absolute Gasteiger partial charge is 2.00 e. The number of rotatable bonds is 4. The fraction of sp³-hybridized carbons (Fsp3) is 0.154. The number of ether oxygens (including phenoxy) is 2. The molecule has 0 saturated heterocycles. The average Bonchev–Trinajstić information content (AvgIpc) is 4.09. The van der Waals surface area contributed by atoms with E-state index in [4.69, 9.17) is 189 Å². The third-order valence-electron chi connectivity index (χ3n) is 12.2. The fourth-order valence-electron chi connectivity index (χ4n) is 8.75. The van der Waals surface area contributed by atoms with E-state index >= 15 is 0 Å². The molecule has 23 heteroatoms. The standard InChI is InChI=1S/C52H28Cl12N8O2.Zn/c1-51(2,3)19-11-7-9-13-23(19)73-41-35(59)29-27(33(57)39(41)63)46-67-44-18-16-22(54)21(53)15-17(18)43(65-44)66-45-25-26(32(56)38(62)37(61)31(25)55)47(68-45)70-48-28-30(50(71-48)72-49(29)69-46)36(60)42(40(64)34(28)58)74-24-14-10-8-12-20(24)52(4,5)6;/h7-16H,1-6H3;/q-2;+2. The molecule has 2 aliphatic rings. The summed E-state index contributed by atoms with van der Waals surface area (Å²) < 4.78 is 13.2. The Morgan fingerprint density at radius 2 is 0.707 bits per heavy atom. The first-order valence-electron chi connectivity index (χ1n) is 22.0. The first-order chi connectivity index (χ1) is 34.9. The van der Waals surface area contributed by atoms with Crippen molar-refractivity contribution in [2.45, 2.75) is 52.4 Å². The zero-order valence-electron chi connectivity index (χ0n) is 39.4. The van der Waals surface area contributed by atoms with Crippen LogP contribution in [0, 0.1) is 0 Å². The van der Waals surface area contributed by atoms with Crippen LogP contribution in [0.1, 0.15) is 52.7 Å². The zero-order valence-corrected chi connectivity index (χ0v) is 51.4. The van der Waals surface area contributed by atoms with Crippen molar-refractivity contribution >= 4 is 183 Å². The summed E-state index contributed by atoms with van der Waals surface area (Å²) in [5.41, 5.74) is 1.65. The molecule has 0 amide bonds. The Hall–Kier alpha value is -3.62. The van der Waals surface area contributed by atoms with Gasteiger partial charge in [-0.3, -0.25) is 0 Å². The molecule has 0 saturated carbocycles. The SMILES string of the molecule is CC(C)(C)c1ccccc1Oc1c(Cl)c(Cl)c2c(c1Cl)-c1nc-2nc2[n-]c(nc3nc(nc4[n-]c(n1)c1c(Cl)c(Oc5ccccc5C(C)(C)C)c(Cl)c(Cl)c41)-c1c(Cl)c(Cl)c(Cl)c(Cl)c1-3)c1cc(Cl)c(Cl)cc21.[Zn+2]. The van der Waals surface area contributed by atoms with E-state index < -0.39 is 0 Å². The van der Waals surface area contributed by atoms with Gasteiger partial charge in [0.15, 0.2) is 11.5 Å². The van der Waals surface area contributed by atoms with Gasteiger partial charge in [-0.2, -0.15) is 0 Å². The summed E-state index contributed by atoms with van der Waals surface area (Å²) in [4.78, 5) is 39.7. The van der Waals surface area contributed by atoms with Gasteiger partial charge < -0.3 is 39.4 Å². The topological polar surface area (TPSA) is 124 Å². The zero-order chi connectivity index (χ0) is 52.8. The quantitative estimate of drug-likeness (QED) is 0.0956. The number of hydrogen-bond acceptors (Lipinski definition) is 8. The molecule has 5 heterocycles. The molecule has 8 bridgehead atoms. The monoisotopic (exact) mass is 1280 g/mol. The van der Waals surface area contributed by atoms with Crippen molar-refractivity contribution in [2.75, 3.05) is 0 Å². The normalized spacial score (nSPS) is 12.3. The first-order valence-corrected chi connectivity index (χ1v) is 26.5. The Morgan fingerprint density at radius 1 is 0.373 bits per heavy atom. The van der Waals surface area contributed by atoms with Crippen molar-refractivity contribution in [3.05, 3.63) is 132 Å². The Labute approximate surface area is 500 Å². The van der Waals surface area contributed by atoms with Crippen LogP contribution in [0.2, 0.25) is 60.3 Å². The van der Waals surface area contributed by atoms with Gasteiger partial charge in [0, 0.05) is 66.7 Å². The van der Waals surface area contributed by atoms with E-state index in [1.807, 2.05) is 77.9 Å². The Balaban J connectivity index is 0.00000641. The van der Waals surface area contributed by atoms with Crippen LogP contribution in [-0.4, -0.2) is 29.9 Å². The summed E-state index contributed by atoms with van der Waals surface area (Å²) in [6.45, 7) is 12.3.